The first-order valence-electron chi connectivity index (χ1n) is 9.22. The second-order valence-electron chi connectivity index (χ2n) is 7.42. The summed E-state index contributed by atoms with van der Waals surface area (Å²) in [7, 11) is 1.79. The molecule has 2 N–H and O–H groups in total. The van der Waals surface area contributed by atoms with Crippen molar-refractivity contribution in [1.82, 2.24) is 20.0 Å². The lowest BCUT2D eigenvalue weighted by atomic mass is 9.90. The first-order valence-corrected chi connectivity index (χ1v) is 9.22. The number of aromatic nitrogens is 2. The minimum absolute atomic E-state index is 0.136. The predicted molar refractivity (Wildman–Crippen MR) is 107 cm³/mol. The van der Waals surface area contributed by atoms with Crippen LogP contribution in [0.15, 0.2) is 59.9 Å². The van der Waals surface area contributed by atoms with E-state index in [0.717, 1.165) is 35.0 Å². The van der Waals surface area contributed by atoms with Gasteiger partial charge >= 0.3 is 0 Å². The second kappa shape index (κ2) is 6.95. The van der Waals surface area contributed by atoms with E-state index in [1.165, 1.54) is 0 Å². The number of nitrogens with one attached hydrogen (secondary N) is 2. The lowest BCUT2D eigenvalue weighted by Gasteiger charge is -2.38. The molecule has 0 saturated heterocycles. The monoisotopic (exact) mass is 363 g/mol. The highest BCUT2D eigenvalue weighted by Gasteiger charge is 2.33. The van der Waals surface area contributed by atoms with Gasteiger partial charge in [0.15, 0.2) is 5.96 Å². The van der Waals surface area contributed by atoms with Crippen LogP contribution in [0.3, 0.4) is 0 Å². The van der Waals surface area contributed by atoms with Crippen LogP contribution in [0, 0.1) is 0 Å². The number of ether oxygens (including phenoxy) is 1. The van der Waals surface area contributed by atoms with Crippen molar-refractivity contribution < 1.29 is 4.74 Å². The fourth-order valence-electron chi connectivity index (χ4n) is 3.54. The lowest BCUT2D eigenvalue weighted by Crippen LogP contribution is -2.45. The van der Waals surface area contributed by atoms with Gasteiger partial charge in [-0.05, 0) is 32.0 Å². The van der Waals surface area contributed by atoms with Crippen LogP contribution in [0.25, 0.3) is 5.65 Å². The van der Waals surface area contributed by atoms with E-state index in [0.29, 0.717) is 6.54 Å². The molecule has 0 bridgehead atoms. The van der Waals surface area contributed by atoms with Crippen molar-refractivity contribution in [2.75, 3.05) is 7.05 Å². The number of guanidine groups is 1. The van der Waals surface area contributed by atoms with Crippen LogP contribution in [0.5, 0.6) is 5.75 Å². The Morgan fingerprint density at radius 2 is 2.07 bits per heavy atom. The van der Waals surface area contributed by atoms with Gasteiger partial charge in [-0.3, -0.25) is 4.99 Å². The highest BCUT2D eigenvalue weighted by molar-refractivity contribution is 5.80. The third-order valence-electron chi connectivity index (χ3n) is 4.76. The van der Waals surface area contributed by atoms with Crippen molar-refractivity contribution in [1.29, 1.82) is 0 Å². The number of benzene rings is 1. The summed E-state index contributed by atoms with van der Waals surface area (Å²) < 4.78 is 8.13. The van der Waals surface area contributed by atoms with E-state index in [1.54, 1.807) is 7.05 Å². The molecular weight excluding hydrogens is 338 g/mol. The van der Waals surface area contributed by atoms with Gasteiger partial charge in [0.05, 0.1) is 18.3 Å². The zero-order valence-electron chi connectivity index (χ0n) is 15.9. The summed E-state index contributed by atoms with van der Waals surface area (Å²) in [5.74, 6) is 1.69. The molecule has 0 radical (unpaired) electrons. The van der Waals surface area contributed by atoms with E-state index < -0.39 is 0 Å². The fourth-order valence-corrected chi connectivity index (χ4v) is 3.54. The number of hydrogen-bond donors (Lipinski definition) is 2. The summed E-state index contributed by atoms with van der Waals surface area (Å²) in [5, 5.41) is 6.92. The largest absolute Gasteiger partial charge is 0.487 e. The molecule has 0 fully saturated rings. The Bertz CT molecular complexity index is 942. The number of nitrogens with zero attached hydrogens (tertiary/aromatic N) is 3. The smallest absolute Gasteiger partial charge is 0.191 e. The van der Waals surface area contributed by atoms with Crippen molar-refractivity contribution in [3.63, 3.8) is 0 Å². The standard InChI is InChI=1S/C21H25N5O/c1-21(2)12-17(16-8-4-5-9-18(16)27-21)25-20(22-3)23-13-15-14-26-11-7-6-10-19(26)24-15/h4-11,14,17H,12-13H2,1-3H3,(H2,22,23,25). The molecule has 0 amide bonds. The van der Waals surface area contributed by atoms with E-state index in [4.69, 9.17) is 4.74 Å². The molecule has 27 heavy (non-hydrogen) atoms. The molecule has 1 atom stereocenters. The van der Waals surface area contributed by atoms with E-state index in [1.807, 2.05) is 53.2 Å². The van der Waals surface area contributed by atoms with Crippen molar-refractivity contribution in [3.05, 3.63) is 66.1 Å². The molecule has 140 valence electrons. The van der Waals surface area contributed by atoms with Crippen molar-refractivity contribution in [3.8, 4) is 5.75 Å². The summed E-state index contributed by atoms with van der Waals surface area (Å²) in [5.41, 5.74) is 2.84. The van der Waals surface area contributed by atoms with Gasteiger partial charge in [0.1, 0.15) is 17.0 Å². The van der Waals surface area contributed by atoms with Crippen LogP contribution >= 0.6 is 0 Å². The summed E-state index contributed by atoms with van der Waals surface area (Å²) in [6, 6.07) is 14.3. The quantitative estimate of drug-likeness (QED) is 0.554. The molecule has 6 nitrogen and oxygen atoms in total. The van der Waals surface area contributed by atoms with Crippen molar-refractivity contribution in [2.45, 2.75) is 38.5 Å². The molecule has 1 aliphatic rings. The predicted octanol–water partition coefficient (Wildman–Crippen LogP) is 3.30. The number of rotatable bonds is 3. The highest BCUT2D eigenvalue weighted by Crippen LogP contribution is 2.39. The number of hydrogen-bond acceptors (Lipinski definition) is 3. The Balaban J connectivity index is 1.47. The number of fused-ring (bicyclic) bond motifs is 2. The van der Waals surface area contributed by atoms with Gasteiger partial charge in [-0.15, -0.1) is 0 Å². The zero-order chi connectivity index (χ0) is 18.9. The molecule has 2 aromatic heterocycles. The van der Waals surface area contributed by atoms with Crippen LogP contribution in [-0.4, -0.2) is 28.0 Å². The van der Waals surface area contributed by atoms with E-state index in [9.17, 15) is 0 Å². The molecular formula is C21H25N5O. The van der Waals surface area contributed by atoms with Gasteiger partial charge in [0.25, 0.3) is 0 Å². The molecule has 3 heterocycles. The van der Waals surface area contributed by atoms with Crippen molar-refractivity contribution in [2.24, 2.45) is 4.99 Å². The fraction of sp³-hybridized carbons (Fsp3) is 0.333. The van der Waals surface area contributed by atoms with Crippen LogP contribution in [0.4, 0.5) is 0 Å². The van der Waals surface area contributed by atoms with Crippen LogP contribution in [0.2, 0.25) is 0 Å². The van der Waals surface area contributed by atoms with Crippen LogP contribution in [-0.2, 0) is 6.54 Å². The number of aliphatic imine (C=N–C) groups is 1. The molecule has 1 unspecified atom stereocenters. The average Bonchev–Trinajstić information content (AvgIpc) is 3.07. The van der Waals surface area contributed by atoms with Gasteiger partial charge in [-0.25, -0.2) is 4.98 Å². The van der Waals surface area contributed by atoms with Gasteiger partial charge in [0, 0.05) is 31.4 Å². The normalized spacial score (nSPS) is 18.6. The molecule has 0 spiro atoms. The van der Waals surface area contributed by atoms with Gasteiger partial charge in [0.2, 0.25) is 0 Å². The summed E-state index contributed by atoms with van der Waals surface area (Å²) in [6.45, 7) is 4.84. The number of pyridine rings is 1. The van der Waals surface area contributed by atoms with E-state index in [2.05, 4.69) is 40.5 Å². The Labute approximate surface area is 159 Å². The summed E-state index contributed by atoms with van der Waals surface area (Å²) in [6.07, 6.45) is 4.89. The topological polar surface area (TPSA) is 63.0 Å². The molecule has 6 heteroatoms. The molecule has 3 aromatic rings. The first-order chi connectivity index (χ1) is 13.0. The van der Waals surface area contributed by atoms with Crippen molar-refractivity contribution >= 4 is 11.6 Å². The first kappa shape index (κ1) is 17.4. The molecule has 1 aromatic carbocycles. The van der Waals surface area contributed by atoms with Crippen LogP contribution in [0.1, 0.15) is 37.6 Å². The van der Waals surface area contributed by atoms with Gasteiger partial charge < -0.3 is 19.8 Å². The highest BCUT2D eigenvalue weighted by atomic mass is 16.5. The van der Waals surface area contributed by atoms with E-state index in [-0.39, 0.29) is 11.6 Å². The number of imidazole rings is 1. The maximum atomic E-state index is 6.11. The third kappa shape index (κ3) is 3.74. The average molecular weight is 363 g/mol. The Morgan fingerprint density at radius 1 is 1.26 bits per heavy atom. The summed E-state index contributed by atoms with van der Waals surface area (Å²) >= 11 is 0. The Morgan fingerprint density at radius 3 is 2.89 bits per heavy atom. The molecule has 1 aliphatic heterocycles. The van der Waals surface area contributed by atoms with Crippen LogP contribution < -0.4 is 15.4 Å². The molecule has 4 rings (SSSR count). The molecule has 0 aliphatic carbocycles. The lowest BCUT2D eigenvalue weighted by molar-refractivity contribution is 0.0694. The van der Waals surface area contributed by atoms with Gasteiger partial charge in [-0.1, -0.05) is 24.3 Å². The second-order valence-corrected chi connectivity index (χ2v) is 7.42. The Kier molecular flexibility index (Phi) is 4.48. The minimum Gasteiger partial charge on any atom is -0.487 e. The van der Waals surface area contributed by atoms with Gasteiger partial charge in [-0.2, -0.15) is 0 Å². The number of para-hydroxylation sites is 1. The SMILES string of the molecule is CN=C(NCc1cn2ccccc2n1)NC1CC(C)(C)Oc2ccccc21. The zero-order valence-corrected chi connectivity index (χ0v) is 15.9. The maximum absolute atomic E-state index is 6.11. The molecule has 0 saturated carbocycles. The van der Waals surface area contributed by atoms with E-state index >= 15 is 0 Å². The Hall–Kier alpha value is -3.02. The third-order valence-corrected chi connectivity index (χ3v) is 4.76. The summed E-state index contributed by atoms with van der Waals surface area (Å²) in [4.78, 5) is 9.01. The maximum Gasteiger partial charge on any atom is 0.191 e. The minimum atomic E-state index is -0.230.